The summed E-state index contributed by atoms with van der Waals surface area (Å²) in [6, 6.07) is 0. The van der Waals surface area contributed by atoms with Gasteiger partial charge in [0.25, 0.3) is 0 Å². The van der Waals surface area contributed by atoms with Crippen LogP contribution in [0.15, 0.2) is 4.52 Å². The molecule has 2 aliphatic rings. The Hall–Kier alpha value is -1.44. The van der Waals surface area contributed by atoms with Gasteiger partial charge in [0.05, 0.1) is 31.9 Å². The molecule has 3 rings (SSSR count). The van der Waals surface area contributed by atoms with Crippen LogP contribution >= 0.6 is 0 Å². The largest absolute Gasteiger partial charge is 0.384 e. The minimum Gasteiger partial charge on any atom is -0.384 e. The van der Waals surface area contributed by atoms with Crippen LogP contribution in [-0.2, 0) is 16.0 Å². The molecule has 0 aromatic carbocycles. The molecule has 1 aromatic rings. The smallest absolute Gasteiger partial charge is 0.227 e. The van der Waals surface area contributed by atoms with E-state index in [0.29, 0.717) is 32.0 Å². The number of β-amino-alcohol motifs (C(OH)–C–C–N with tert-alkyl or cyclic N) is 1. The van der Waals surface area contributed by atoms with Gasteiger partial charge in [-0.3, -0.25) is 4.79 Å². The number of amides is 1. The molecule has 0 bridgehead atoms. The van der Waals surface area contributed by atoms with E-state index in [9.17, 15) is 9.90 Å². The number of nitrogens with zero attached hydrogens (tertiary/aromatic N) is 3. The summed E-state index contributed by atoms with van der Waals surface area (Å²) >= 11 is 0. The third-order valence-corrected chi connectivity index (χ3v) is 4.94. The molecule has 0 unspecified atom stereocenters. The third-order valence-electron chi connectivity index (χ3n) is 4.94. The van der Waals surface area contributed by atoms with Gasteiger partial charge in [-0.2, -0.15) is 0 Å². The number of aryl methyl sites for hydroxylation is 2. The van der Waals surface area contributed by atoms with Gasteiger partial charge in [-0.15, -0.1) is 0 Å². The zero-order valence-electron chi connectivity index (χ0n) is 14.6. The van der Waals surface area contributed by atoms with E-state index < -0.39 is 5.60 Å². The number of hydrogen-bond donors (Lipinski definition) is 1. The summed E-state index contributed by atoms with van der Waals surface area (Å²) < 4.78 is 10.7. The fraction of sp³-hybridized carbons (Fsp3) is 0.765. The molecule has 2 fully saturated rings. The summed E-state index contributed by atoms with van der Waals surface area (Å²) in [6.07, 6.45) is 2.60. The van der Waals surface area contributed by atoms with E-state index in [1.54, 1.807) is 4.90 Å². The van der Waals surface area contributed by atoms with Gasteiger partial charge >= 0.3 is 0 Å². The predicted octanol–water partition coefficient (Wildman–Crippen LogP) is 0.520. The van der Waals surface area contributed by atoms with Crippen molar-refractivity contribution >= 4 is 5.91 Å². The van der Waals surface area contributed by atoms with Gasteiger partial charge in [-0.1, -0.05) is 5.16 Å². The van der Waals surface area contributed by atoms with Gasteiger partial charge in [0.2, 0.25) is 5.91 Å². The number of aromatic nitrogens is 1. The number of rotatable bonds is 4. The Balaban J connectivity index is 1.66. The topological polar surface area (TPSA) is 79.0 Å². The summed E-state index contributed by atoms with van der Waals surface area (Å²) in [7, 11) is 0. The highest BCUT2D eigenvalue weighted by Gasteiger charge is 2.36. The molecule has 0 aliphatic carbocycles. The molecule has 3 heterocycles. The van der Waals surface area contributed by atoms with E-state index in [4.69, 9.17) is 9.26 Å². The Kier molecular flexibility index (Phi) is 5.22. The highest BCUT2D eigenvalue weighted by molar-refractivity contribution is 5.79. The molecule has 0 spiro atoms. The second-order valence-electron chi connectivity index (χ2n) is 7.05. The first kappa shape index (κ1) is 17.4. The minimum absolute atomic E-state index is 0.0188. The highest BCUT2D eigenvalue weighted by atomic mass is 16.5. The van der Waals surface area contributed by atoms with Crippen molar-refractivity contribution < 1.29 is 19.2 Å². The molecule has 134 valence electrons. The zero-order valence-corrected chi connectivity index (χ0v) is 14.6. The van der Waals surface area contributed by atoms with Crippen molar-refractivity contribution in [3.63, 3.8) is 0 Å². The van der Waals surface area contributed by atoms with Crippen LogP contribution in [0.1, 0.15) is 29.9 Å². The van der Waals surface area contributed by atoms with E-state index in [0.717, 1.165) is 24.3 Å². The Morgan fingerprint density at radius 2 is 2.04 bits per heavy atom. The lowest BCUT2D eigenvalue weighted by Gasteiger charge is -2.34. The van der Waals surface area contributed by atoms with Crippen molar-refractivity contribution in [2.75, 3.05) is 45.9 Å². The summed E-state index contributed by atoms with van der Waals surface area (Å²) in [5, 5.41) is 14.9. The van der Waals surface area contributed by atoms with Crippen LogP contribution in [0.25, 0.3) is 0 Å². The molecule has 0 saturated carbocycles. The molecule has 1 atom stereocenters. The summed E-state index contributed by atoms with van der Waals surface area (Å²) in [5.74, 6) is 0.661. The van der Waals surface area contributed by atoms with Crippen molar-refractivity contribution in [2.45, 2.75) is 38.7 Å². The van der Waals surface area contributed by atoms with Gasteiger partial charge in [0.15, 0.2) is 0 Å². The molecular formula is C17H27N3O4. The van der Waals surface area contributed by atoms with Crippen LogP contribution in [0.3, 0.4) is 0 Å². The maximum absolute atomic E-state index is 12.7. The molecule has 24 heavy (non-hydrogen) atoms. The molecule has 2 saturated heterocycles. The molecule has 7 nitrogen and oxygen atoms in total. The Morgan fingerprint density at radius 3 is 2.71 bits per heavy atom. The molecule has 7 heteroatoms. The van der Waals surface area contributed by atoms with Crippen molar-refractivity contribution in [2.24, 2.45) is 0 Å². The quantitative estimate of drug-likeness (QED) is 0.863. The fourth-order valence-electron chi connectivity index (χ4n) is 3.60. The predicted molar refractivity (Wildman–Crippen MR) is 87.7 cm³/mol. The number of hydrogen-bond acceptors (Lipinski definition) is 6. The molecule has 2 aliphatic heterocycles. The van der Waals surface area contributed by atoms with Crippen molar-refractivity contribution in [3.8, 4) is 0 Å². The first-order valence-electron chi connectivity index (χ1n) is 8.69. The first-order chi connectivity index (χ1) is 11.5. The van der Waals surface area contributed by atoms with Gasteiger partial charge in [0.1, 0.15) is 11.4 Å². The lowest BCUT2D eigenvalue weighted by atomic mass is 10.0. The minimum atomic E-state index is -1.00. The van der Waals surface area contributed by atoms with Crippen LogP contribution in [-0.4, -0.2) is 77.5 Å². The average Bonchev–Trinajstić information content (AvgIpc) is 3.09. The highest BCUT2D eigenvalue weighted by Crippen LogP contribution is 2.20. The van der Waals surface area contributed by atoms with Crippen LogP contribution in [0.2, 0.25) is 0 Å². The summed E-state index contributed by atoms with van der Waals surface area (Å²) in [5.41, 5.74) is 0.586. The molecule has 1 amide bonds. The van der Waals surface area contributed by atoms with Crippen LogP contribution in [0.5, 0.6) is 0 Å². The maximum Gasteiger partial charge on any atom is 0.227 e. The molecule has 0 radical (unpaired) electrons. The van der Waals surface area contributed by atoms with Crippen LogP contribution < -0.4 is 0 Å². The van der Waals surface area contributed by atoms with E-state index in [1.807, 2.05) is 13.8 Å². The number of aliphatic hydroxyl groups is 1. The summed E-state index contributed by atoms with van der Waals surface area (Å²) in [4.78, 5) is 16.7. The number of carbonyl (C=O) groups excluding carboxylic acids is 1. The second kappa shape index (κ2) is 7.21. The standard InChI is InChI=1S/C17H27N3O4/c1-13-15(14(2)24-18-13)9-16(21)20-7-8-23-12-17(22,11-20)10-19-5-3-4-6-19/h22H,3-12H2,1-2H3/t17-/m0/s1. The number of likely N-dealkylation sites (tertiary alicyclic amines) is 1. The lowest BCUT2D eigenvalue weighted by molar-refractivity contribution is -0.133. The molecular weight excluding hydrogens is 310 g/mol. The van der Waals surface area contributed by atoms with Crippen molar-refractivity contribution in [1.29, 1.82) is 0 Å². The zero-order chi connectivity index (χ0) is 17.2. The van der Waals surface area contributed by atoms with Gasteiger partial charge in [0, 0.05) is 18.7 Å². The Bertz CT molecular complexity index is 563. The SMILES string of the molecule is Cc1noc(C)c1CC(=O)N1CCOC[C@](O)(CN2CCCC2)C1. The first-order valence-corrected chi connectivity index (χ1v) is 8.69. The van der Waals surface area contributed by atoms with E-state index in [1.165, 1.54) is 12.8 Å². The third kappa shape index (κ3) is 3.96. The Morgan fingerprint density at radius 1 is 1.29 bits per heavy atom. The monoisotopic (exact) mass is 337 g/mol. The van der Waals surface area contributed by atoms with Crippen LogP contribution in [0, 0.1) is 13.8 Å². The second-order valence-corrected chi connectivity index (χ2v) is 7.05. The summed E-state index contributed by atoms with van der Waals surface area (Å²) in [6.45, 7) is 7.78. The normalized spacial score (nSPS) is 25.9. The van der Waals surface area contributed by atoms with Crippen molar-refractivity contribution in [1.82, 2.24) is 15.0 Å². The molecule has 1 aromatic heterocycles. The van der Waals surface area contributed by atoms with Crippen LogP contribution in [0.4, 0.5) is 0 Å². The van der Waals surface area contributed by atoms with Gasteiger partial charge in [-0.05, 0) is 39.8 Å². The Labute approximate surface area is 142 Å². The fourth-order valence-corrected chi connectivity index (χ4v) is 3.60. The molecule has 1 N–H and O–H groups in total. The van der Waals surface area contributed by atoms with Crippen molar-refractivity contribution in [3.05, 3.63) is 17.0 Å². The van der Waals surface area contributed by atoms with E-state index >= 15 is 0 Å². The van der Waals surface area contributed by atoms with Gasteiger partial charge < -0.3 is 24.2 Å². The maximum atomic E-state index is 12.7. The van der Waals surface area contributed by atoms with Gasteiger partial charge in [-0.25, -0.2) is 0 Å². The number of carbonyl (C=O) groups is 1. The number of ether oxygens (including phenoxy) is 1. The average molecular weight is 337 g/mol. The lowest BCUT2D eigenvalue weighted by Crippen LogP contribution is -2.53. The van der Waals surface area contributed by atoms with E-state index in [-0.39, 0.29) is 18.9 Å². The van der Waals surface area contributed by atoms with E-state index in [2.05, 4.69) is 10.1 Å².